The maximum absolute atomic E-state index is 14.0. The van der Waals surface area contributed by atoms with Gasteiger partial charge in [-0.1, -0.05) is 88.4 Å². The second-order valence-electron chi connectivity index (χ2n) is 14.5. The number of aliphatic imine (C=N–C) groups is 1. The summed E-state index contributed by atoms with van der Waals surface area (Å²) >= 11 is 0. The number of aliphatic carboxylic acids is 1. The highest BCUT2D eigenvalue weighted by Gasteiger charge is 2.33. The van der Waals surface area contributed by atoms with E-state index in [1.165, 1.54) is 6.92 Å². The number of nitrogens with two attached hydrogens (primary N) is 3. The first kappa shape index (κ1) is 45.6. The van der Waals surface area contributed by atoms with Gasteiger partial charge in [0.1, 0.15) is 30.2 Å². The van der Waals surface area contributed by atoms with Gasteiger partial charge in [0.05, 0.1) is 6.04 Å². The maximum Gasteiger partial charge on any atom is 0.325 e. The molecule has 0 aliphatic heterocycles. The molecule has 0 aliphatic rings. The minimum Gasteiger partial charge on any atom is -0.480 e. The molecule has 2 aromatic carbocycles. The Hall–Kier alpha value is -5.51. The molecule has 0 radical (unpaired) electrons. The Labute approximate surface area is 323 Å². The molecule has 6 atom stereocenters. The van der Waals surface area contributed by atoms with Gasteiger partial charge < -0.3 is 48.9 Å². The van der Waals surface area contributed by atoms with Crippen molar-refractivity contribution in [3.05, 3.63) is 71.8 Å². The summed E-state index contributed by atoms with van der Waals surface area (Å²) in [6.45, 7) is 8.97. The minimum absolute atomic E-state index is 0.00316. The van der Waals surface area contributed by atoms with E-state index in [4.69, 9.17) is 17.2 Å². The molecule has 2 aromatic rings. The molecule has 0 spiro atoms. The summed E-state index contributed by atoms with van der Waals surface area (Å²) in [4.78, 5) is 83.5. The molecule has 0 unspecified atom stereocenters. The number of nitrogens with one attached hydrogen (secondary N) is 5. The Morgan fingerprint density at radius 2 is 1.02 bits per heavy atom. The highest BCUT2D eigenvalue weighted by atomic mass is 16.4. The van der Waals surface area contributed by atoms with Gasteiger partial charge in [-0.3, -0.25) is 33.8 Å². The first-order valence-corrected chi connectivity index (χ1v) is 18.6. The lowest BCUT2D eigenvalue weighted by atomic mass is 9.99. The van der Waals surface area contributed by atoms with E-state index in [9.17, 15) is 33.9 Å². The zero-order valence-electron chi connectivity index (χ0n) is 32.4. The van der Waals surface area contributed by atoms with Crippen LogP contribution in [0.2, 0.25) is 0 Å². The van der Waals surface area contributed by atoms with Gasteiger partial charge in [-0.2, -0.15) is 0 Å². The third-order valence-electron chi connectivity index (χ3n) is 8.54. The molecule has 302 valence electrons. The Kier molecular flexibility index (Phi) is 19.3. The van der Waals surface area contributed by atoms with Crippen LogP contribution in [0.1, 0.15) is 71.4 Å². The number of guanidine groups is 1. The number of carboxylic acid groups (broad SMARTS) is 1. The van der Waals surface area contributed by atoms with Crippen molar-refractivity contribution in [1.82, 2.24) is 26.6 Å². The van der Waals surface area contributed by atoms with Crippen molar-refractivity contribution in [2.75, 3.05) is 6.54 Å². The summed E-state index contributed by atoms with van der Waals surface area (Å²) in [5, 5.41) is 22.7. The van der Waals surface area contributed by atoms with Gasteiger partial charge in [-0.25, -0.2) is 0 Å². The van der Waals surface area contributed by atoms with Crippen LogP contribution < -0.4 is 43.8 Å². The lowest BCUT2D eigenvalue weighted by molar-refractivity contribution is -0.141. The third-order valence-corrected chi connectivity index (χ3v) is 8.54. The fourth-order valence-electron chi connectivity index (χ4n) is 5.67. The molecule has 5 amide bonds. The summed E-state index contributed by atoms with van der Waals surface area (Å²) in [6, 6.07) is 11.4. The quantitative estimate of drug-likeness (QED) is 0.0429. The van der Waals surface area contributed by atoms with E-state index in [2.05, 4.69) is 31.6 Å². The average molecular weight is 766 g/mol. The molecule has 0 saturated heterocycles. The number of amides is 5. The number of carbonyl (C=O) groups is 6. The third kappa shape index (κ3) is 17.5. The van der Waals surface area contributed by atoms with Crippen molar-refractivity contribution in [2.24, 2.45) is 34.0 Å². The molecule has 12 N–H and O–H groups in total. The van der Waals surface area contributed by atoms with Crippen LogP contribution in [0, 0.1) is 11.8 Å². The van der Waals surface area contributed by atoms with Crippen LogP contribution in [0.25, 0.3) is 0 Å². The number of nitrogens with zero attached hydrogens (tertiary/aromatic N) is 1. The molecule has 55 heavy (non-hydrogen) atoms. The van der Waals surface area contributed by atoms with Crippen LogP contribution in [0.4, 0.5) is 0 Å². The molecule has 16 nitrogen and oxygen atoms in total. The fraction of sp³-hybridized carbons (Fsp3) is 0.513. The number of rotatable bonds is 23. The van der Waals surface area contributed by atoms with Gasteiger partial charge in [0, 0.05) is 13.0 Å². The molecule has 0 bridgehead atoms. The van der Waals surface area contributed by atoms with Crippen LogP contribution in [0.5, 0.6) is 0 Å². The fourth-order valence-corrected chi connectivity index (χ4v) is 5.67. The number of hydrogen-bond donors (Lipinski definition) is 9. The van der Waals surface area contributed by atoms with Gasteiger partial charge in [0.25, 0.3) is 0 Å². The van der Waals surface area contributed by atoms with Crippen molar-refractivity contribution < 1.29 is 33.9 Å². The van der Waals surface area contributed by atoms with Crippen molar-refractivity contribution in [3.8, 4) is 0 Å². The van der Waals surface area contributed by atoms with Gasteiger partial charge in [0.2, 0.25) is 29.5 Å². The summed E-state index contributed by atoms with van der Waals surface area (Å²) in [7, 11) is 0. The highest BCUT2D eigenvalue weighted by Crippen LogP contribution is 2.12. The van der Waals surface area contributed by atoms with Gasteiger partial charge >= 0.3 is 5.97 Å². The van der Waals surface area contributed by atoms with Crippen LogP contribution >= 0.6 is 0 Å². The Balaban J connectivity index is 2.32. The van der Waals surface area contributed by atoms with Crippen molar-refractivity contribution in [3.63, 3.8) is 0 Å². The standard InChI is InChI=1S/C39H59N9O7/c1-23(2)19-30(46-33(49)28(40)21-26-13-8-6-9-14-26)37(53)47-31(20-24(3)4)36(52)45-29(17-12-18-43-39(41)42)34(50)48-32(22-27-15-10-7-11-16-27)35(51)44-25(5)38(54)55/h6-11,13-16,23-25,28-32H,12,17-22,40H2,1-5H3,(H,44,51)(H,45,52)(H,46,49)(H,47,53)(H,48,50)(H,54,55)(H4,41,42,43)/t25-,28-,29-,30-,31-,32-/m0/s1. The maximum atomic E-state index is 14.0. The lowest BCUT2D eigenvalue weighted by Gasteiger charge is -2.28. The van der Waals surface area contributed by atoms with E-state index in [1.54, 1.807) is 30.3 Å². The molecule has 0 heterocycles. The summed E-state index contributed by atoms with van der Waals surface area (Å²) < 4.78 is 0. The molecule has 16 heteroatoms. The summed E-state index contributed by atoms with van der Waals surface area (Å²) in [5.41, 5.74) is 18.7. The second kappa shape index (κ2) is 23.3. The van der Waals surface area contributed by atoms with Crippen LogP contribution in [0.3, 0.4) is 0 Å². The zero-order valence-corrected chi connectivity index (χ0v) is 32.4. The van der Waals surface area contributed by atoms with E-state index in [1.807, 2.05) is 58.0 Å². The normalized spacial score (nSPS) is 14.3. The number of benzene rings is 2. The predicted octanol–water partition coefficient (Wildman–Crippen LogP) is 0.473. The van der Waals surface area contributed by atoms with Gasteiger partial charge in [0.15, 0.2) is 5.96 Å². The van der Waals surface area contributed by atoms with Gasteiger partial charge in [-0.15, -0.1) is 0 Å². The molecule has 0 aromatic heterocycles. The largest absolute Gasteiger partial charge is 0.480 e. The molecule has 0 fully saturated rings. The van der Waals surface area contributed by atoms with Crippen LogP contribution in [-0.4, -0.2) is 89.4 Å². The number of carboxylic acids is 1. The smallest absolute Gasteiger partial charge is 0.325 e. The van der Waals surface area contributed by atoms with Crippen molar-refractivity contribution in [2.45, 2.75) is 109 Å². The minimum atomic E-state index is -1.26. The molecule has 2 rings (SSSR count). The Morgan fingerprint density at radius 3 is 1.49 bits per heavy atom. The van der Waals surface area contributed by atoms with E-state index in [-0.39, 0.29) is 62.9 Å². The second-order valence-corrected chi connectivity index (χ2v) is 14.5. The predicted molar refractivity (Wildman–Crippen MR) is 210 cm³/mol. The zero-order chi connectivity index (χ0) is 41.1. The molecule has 0 aliphatic carbocycles. The lowest BCUT2D eigenvalue weighted by Crippen LogP contribution is -2.59. The Morgan fingerprint density at radius 1 is 0.600 bits per heavy atom. The SMILES string of the molecule is CC(C)C[C@H](NC(=O)[C@H](CC(C)C)NC(=O)[C@@H](N)Cc1ccccc1)C(=O)N[C@@H](CCCN=C(N)N)C(=O)N[C@@H](Cc1ccccc1)C(=O)N[C@@H](C)C(=O)O. The molecule has 0 saturated carbocycles. The van der Waals surface area contributed by atoms with E-state index < -0.39 is 71.8 Å². The van der Waals surface area contributed by atoms with Crippen LogP contribution in [-0.2, 0) is 41.6 Å². The molecular formula is C39H59N9O7. The number of hydrogen-bond acceptors (Lipinski definition) is 8. The summed E-state index contributed by atoms with van der Waals surface area (Å²) in [6.07, 6.45) is 1.07. The average Bonchev–Trinajstić information content (AvgIpc) is 3.12. The van der Waals surface area contributed by atoms with Crippen molar-refractivity contribution >= 4 is 41.5 Å². The first-order chi connectivity index (χ1) is 26.0. The van der Waals surface area contributed by atoms with E-state index in [0.29, 0.717) is 5.56 Å². The number of carbonyl (C=O) groups excluding carboxylic acids is 5. The van der Waals surface area contributed by atoms with Crippen LogP contribution in [0.15, 0.2) is 65.7 Å². The van der Waals surface area contributed by atoms with Gasteiger partial charge in [-0.05, 0) is 62.0 Å². The van der Waals surface area contributed by atoms with Crippen molar-refractivity contribution in [1.29, 1.82) is 0 Å². The Bertz CT molecular complexity index is 1580. The monoisotopic (exact) mass is 765 g/mol. The molecular weight excluding hydrogens is 706 g/mol. The highest BCUT2D eigenvalue weighted by molar-refractivity contribution is 5.96. The summed E-state index contributed by atoms with van der Waals surface area (Å²) in [5.74, 6) is -4.70. The van der Waals surface area contributed by atoms with E-state index >= 15 is 0 Å². The topological polar surface area (TPSA) is 273 Å². The first-order valence-electron chi connectivity index (χ1n) is 18.6. The van der Waals surface area contributed by atoms with E-state index in [0.717, 1.165) is 5.56 Å².